The van der Waals surface area contributed by atoms with E-state index in [2.05, 4.69) is 129 Å². The Hall–Kier alpha value is -5.08. The van der Waals surface area contributed by atoms with Crippen LogP contribution in [-0.2, 0) is 0 Å². The van der Waals surface area contributed by atoms with Crippen LogP contribution in [0.5, 0.6) is 0 Å². The van der Waals surface area contributed by atoms with E-state index in [0.717, 1.165) is 67.0 Å². The maximum atomic E-state index is 7.36. The van der Waals surface area contributed by atoms with E-state index < -0.39 is 0 Å². The van der Waals surface area contributed by atoms with Crippen LogP contribution in [0.1, 0.15) is 11.1 Å². The van der Waals surface area contributed by atoms with Gasteiger partial charge in [0.15, 0.2) is 0 Å². The lowest BCUT2D eigenvalue weighted by molar-refractivity contribution is 1.45. The maximum absolute atomic E-state index is 7.36. The number of benzene rings is 6. The Morgan fingerprint density at radius 2 is 0.725 bits per heavy atom. The van der Waals surface area contributed by atoms with Crippen molar-refractivity contribution in [3.63, 3.8) is 0 Å². The van der Waals surface area contributed by atoms with Gasteiger partial charge in [0.05, 0.1) is 0 Å². The first kappa shape index (κ1) is 25.2. The zero-order valence-electron chi connectivity index (χ0n) is 22.9. The Kier molecular flexibility index (Phi) is 6.67. The minimum absolute atomic E-state index is 0.736. The molecule has 0 aliphatic heterocycles. The molecule has 0 atom stereocenters. The summed E-state index contributed by atoms with van der Waals surface area (Å²) in [5.74, 6) is 0. The second kappa shape index (κ2) is 10.6. The summed E-state index contributed by atoms with van der Waals surface area (Å²) in [6, 6.07) is 46.7. The Morgan fingerprint density at radius 1 is 0.350 bits per heavy atom. The fourth-order valence-corrected chi connectivity index (χ4v) is 5.70. The second-order valence-electron chi connectivity index (χ2n) is 10.4. The lowest BCUT2D eigenvalue weighted by Crippen LogP contribution is -2.04. The smallest absolute Gasteiger partial charge is 0.0486 e. The highest BCUT2D eigenvalue weighted by molar-refractivity contribution is 6.13. The molecule has 4 N–H and O–H groups in total. The first-order valence-corrected chi connectivity index (χ1v) is 13.6. The predicted octanol–water partition coefficient (Wildman–Crippen LogP) is 9.80. The molecule has 6 aromatic rings. The number of hydrogen-bond donors (Lipinski definition) is 2. The molecule has 2 nitrogen and oxygen atoms in total. The third-order valence-electron chi connectivity index (χ3n) is 7.48. The molecule has 0 aliphatic rings. The third-order valence-corrected chi connectivity index (χ3v) is 7.48. The van der Waals surface area contributed by atoms with Crippen molar-refractivity contribution in [3.8, 4) is 55.6 Å². The van der Waals surface area contributed by atoms with Crippen LogP contribution in [0.2, 0.25) is 0 Å². The Labute approximate surface area is 236 Å². The zero-order valence-corrected chi connectivity index (χ0v) is 22.9. The molecular formula is C38H32N2. The second-order valence-corrected chi connectivity index (χ2v) is 10.4. The van der Waals surface area contributed by atoms with E-state index in [1.807, 2.05) is 18.2 Å². The number of aryl methyl sites for hydroxylation is 2. The summed E-state index contributed by atoms with van der Waals surface area (Å²) in [7, 11) is 0. The van der Waals surface area contributed by atoms with Gasteiger partial charge in [0.2, 0.25) is 0 Å². The van der Waals surface area contributed by atoms with Gasteiger partial charge in [-0.15, -0.1) is 0 Å². The van der Waals surface area contributed by atoms with E-state index >= 15 is 0 Å². The quantitative estimate of drug-likeness (QED) is 0.224. The molecule has 194 valence electrons. The fraction of sp³-hybridized carbons (Fsp3) is 0.0526. The van der Waals surface area contributed by atoms with Gasteiger partial charge in [0, 0.05) is 33.6 Å². The van der Waals surface area contributed by atoms with Crippen molar-refractivity contribution in [2.45, 2.75) is 13.8 Å². The molecule has 6 aromatic carbocycles. The standard InChI is InChI=1S/C38H32N2/c1-25-11-9-17-30(23-25)35-33(29-19-21-32(39)22-20-29)34(27-13-5-3-6-14-27)36(28-15-7-4-8-16-28)38(40)37(35)31-18-10-12-26(2)24-31/h3-24H,39-40H2,1-2H3. The van der Waals surface area contributed by atoms with Crippen molar-refractivity contribution in [2.24, 2.45) is 0 Å². The van der Waals surface area contributed by atoms with Crippen molar-refractivity contribution >= 4 is 11.4 Å². The van der Waals surface area contributed by atoms with Crippen LogP contribution in [0.25, 0.3) is 55.6 Å². The van der Waals surface area contributed by atoms with Gasteiger partial charge in [-0.05, 0) is 59.4 Å². The Morgan fingerprint density at radius 3 is 1.25 bits per heavy atom. The van der Waals surface area contributed by atoms with Crippen LogP contribution in [-0.4, -0.2) is 0 Å². The fourth-order valence-electron chi connectivity index (χ4n) is 5.70. The van der Waals surface area contributed by atoms with Gasteiger partial charge >= 0.3 is 0 Å². The lowest BCUT2D eigenvalue weighted by Gasteiger charge is -2.27. The van der Waals surface area contributed by atoms with Gasteiger partial charge in [-0.1, -0.05) is 132 Å². The van der Waals surface area contributed by atoms with Crippen LogP contribution in [0, 0.1) is 13.8 Å². The number of hydrogen-bond acceptors (Lipinski definition) is 2. The first-order chi connectivity index (χ1) is 19.5. The summed E-state index contributed by atoms with van der Waals surface area (Å²) in [4.78, 5) is 0. The summed E-state index contributed by atoms with van der Waals surface area (Å²) in [5, 5.41) is 0. The number of nitrogen functional groups attached to an aromatic ring is 2. The molecule has 0 radical (unpaired) electrons. The van der Waals surface area contributed by atoms with Crippen molar-refractivity contribution in [1.29, 1.82) is 0 Å². The molecule has 2 heteroatoms. The minimum Gasteiger partial charge on any atom is -0.399 e. The molecule has 0 unspecified atom stereocenters. The average molecular weight is 517 g/mol. The Bertz CT molecular complexity index is 1800. The molecule has 0 saturated carbocycles. The summed E-state index contributed by atoms with van der Waals surface area (Å²) in [5.41, 5.74) is 28.4. The van der Waals surface area contributed by atoms with Crippen LogP contribution < -0.4 is 11.5 Å². The predicted molar refractivity (Wildman–Crippen MR) is 172 cm³/mol. The molecule has 6 rings (SSSR count). The average Bonchev–Trinajstić information content (AvgIpc) is 2.98. The van der Waals surface area contributed by atoms with Crippen LogP contribution >= 0.6 is 0 Å². The molecule has 0 aliphatic carbocycles. The van der Waals surface area contributed by atoms with Crippen molar-refractivity contribution in [3.05, 3.63) is 145 Å². The van der Waals surface area contributed by atoms with Gasteiger partial charge in [0.25, 0.3) is 0 Å². The summed E-state index contributed by atoms with van der Waals surface area (Å²) < 4.78 is 0. The van der Waals surface area contributed by atoms with Crippen molar-refractivity contribution in [2.75, 3.05) is 11.5 Å². The largest absolute Gasteiger partial charge is 0.399 e. The lowest BCUT2D eigenvalue weighted by atomic mass is 9.77. The highest BCUT2D eigenvalue weighted by Crippen LogP contribution is 2.54. The number of rotatable bonds is 5. The molecule has 0 saturated heterocycles. The van der Waals surface area contributed by atoms with Crippen LogP contribution in [0.4, 0.5) is 11.4 Å². The molecule has 0 heterocycles. The van der Waals surface area contributed by atoms with E-state index in [4.69, 9.17) is 11.5 Å². The number of anilines is 2. The van der Waals surface area contributed by atoms with Gasteiger partial charge < -0.3 is 11.5 Å². The third kappa shape index (κ3) is 4.65. The van der Waals surface area contributed by atoms with Crippen molar-refractivity contribution < 1.29 is 0 Å². The topological polar surface area (TPSA) is 52.0 Å². The van der Waals surface area contributed by atoms with E-state index in [0.29, 0.717) is 0 Å². The molecular weight excluding hydrogens is 484 g/mol. The Balaban J connectivity index is 1.90. The molecule has 0 aromatic heterocycles. The monoisotopic (exact) mass is 516 g/mol. The van der Waals surface area contributed by atoms with Crippen LogP contribution in [0.3, 0.4) is 0 Å². The summed E-state index contributed by atoms with van der Waals surface area (Å²) in [6.45, 7) is 4.27. The molecule has 0 fully saturated rings. The maximum Gasteiger partial charge on any atom is 0.0486 e. The van der Waals surface area contributed by atoms with E-state index in [9.17, 15) is 0 Å². The molecule has 0 bridgehead atoms. The van der Waals surface area contributed by atoms with Gasteiger partial charge in [-0.25, -0.2) is 0 Å². The summed E-state index contributed by atoms with van der Waals surface area (Å²) in [6.07, 6.45) is 0. The van der Waals surface area contributed by atoms with Crippen molar-refractivity contribution in [1.82, 2.24) is 0 Å². The van der Waals surface area contributed by atoms with Gasteiger partial charge in [0.1, 0.15) is 0 Å². The molecule has 0 spiro atoms. The number of nitrogens with two attached hydrogens (primary N) is 2. The van der Waals surface area contributed by atoms with Gasteiger partial charge in [-0.2, -0.15) is 0 Å². The summed E-state index contributed by atoms with van der Waals surface area (Å²) >= 11 is 0. The van der Waals surface area contributed by atoms with E-state index in [1.165, 1.54) is 11.1 Å². The molecule has 40 heavy (non-hydrogen) atoms. The van der Waals surface area contributed by atoms with E-state index in [-0.39, 0.29) is 0 Å². The van der Waals surface area contributed by atoms with Crippen LogP contribution in [0.15, 0.2) is 133 Å². The highest BCUT2D eigenvalue weighted by Gasteiger charge is 2.27. The zero-order chi connectivity index (χ0) is 27.6. The molecule has 0 amide bonds. The SMILES string of the molecule is Cc1cccc(-c2c(N)c(-c3ccccc3)c(-c3ccccc3)c(-c3ccc(N)cc3)c2-c2cccc(C)c2)c1. The first-order valence-electron chi connectivity index (χ1n) is 13.6. The minimum atomic E-state index is 0.736. The van der Waals surface area contributed by atoms with E-state index in [1.54, 1.807) is 0 Å². The van der Waals surface area contributed by atoms with Gasteiger partial charge in [-0.3, -0.25) is 0 Å². The normalized spacial score (nSPS) is 10.9. The highest BCUT2D eigenvalue weighted by atomic mass is 14.6.